The van der Waals surface area contributed by atoms with E-state index in [2.05, 4.69) is 28.2 Å². The molecule has 0 bridgehead atoms. The standard InChI is InChI=1S/C17H25N3O/c1-13(14-3-2-6-18-10-14)9-17(21)20-7-4-15-11-19-12-16(15)5-8-20/h2-3,6,10,13,15-16,19H,4-5,7-9,11-12H2,1H3/t13?,15-,16+. The normalized spacial score (nSPS) is 27.0. The van der Waals surface area contributed by atoms with Gasteiger partial charge >= 0.3 is 0 Å². The highest BCUT2D eigenvalue weighted by molar-refractivity contribution is 5.77. The third-order valence-electron chi connectivity index (χ3n) is 5.11. The Kier molecular flexibility index (Phi) is 4.54. The summed E-state index contributed by atoms with van der Waals surface area (Å²) < 4.78 is 0. The van der Waals surface area contributed by atoms with E-state index in [4.69, 9.17) is 0 Å². The van der Waals surface area contributed by atoms with Crippen LogP contribution in [0.5, 0.6) is 0 Å². The van der Waals surface area contributed by atoms with Crippen LogP contribution in [-0.4, -0.2) is 42.0 Å². The number of hydrogen-bond acceptors (Lipinski definition) is 3. The number of rotatable bonds is 3. The molecule has 3 atom stereocenters. The fourth-order valence-electron chi connectivity index (χ4n) is 3.64. The van der Waals surface area contributed by atoms with E-state index in [1.807, 2.05) is 12.3 Å². The van der Waals surface area contributed by atoms with Crippen molar-refractivity contribution in [2.45, 2.75) is 32.1 Å². The highest BCUT2D eigenvalue weighted by atomic mass is 16.2. The zero-order chi connectivity index (χ0) is 14.7. The monoisotopic (exact) mass is 287 g/mol. The second-order valence-corrected chi connectivity index (χ2v) is 6.53. The lowest BCUT2D eigenvalue weighted by atomic mass is 9.92. The summed E-state index contributed by atoms with van der Waals surface area (Å²) in [6.07, 6.45) is 6.56. The van der Waals surface area contributed by atoms with Gasteiger partial charge in [-0.2, -0.15) is 0 Å². The molecule has 2 saturated heterocycles. The van der Waals surface area contributed by atoms with Crippen LogP contribution in [0.2, 0.25) is 0 Å². The van der Waals surface area contributed by atoms with E-state index in [0.29, 0.717) is 12.3 Å². The van der Waals surface area contributed by atoms with Crippen LogP contribution >= 0.6 is 0 Å². The number of nitrogens with one attached hydrogen (secondary N) is 1. The summed E-state index contributed by atoms with van der Waals surface area (Å²) in [5.74, 6) is 2.10. The van der Waals surface area contributed by atoms with Gasteiger partial charge in [0.05, 0.1) is 0 Å². The van der Waals surface area contributed by atoms with E-state index >= 15 is 0 Å². The highest BCUT2D eigenvalue weighted by Gasteiger charge is 2.31. The van der Waals surface area contributed by atoms with E-state index in [-0.39, 0.29) is 5.92 Å². The number of likely N-dealkylation sites (tertiary alicyclic amines) is 1. The van der Waals surface area contributed by atoms with E-state index in [1.165, 1.54) is 0 Å². The molecule has 114 valence electrons. The summed E-state index contributed by atoms with van der Waals surface area (Å²) in [6.45, 7) is 6.26. The molecule has 0 spiro atoms. The Morgan fingerprint density at radius 3 is 2.71 bits per heavy atom. The van der Waals surface area contributed by atoms with Crippen molar-refractivity contribution < 1.29 is 4.79 Å². The van der Waals surface area contributed by atoms with Gasteiger partial charge in [-0.05, 0) is 55.3 Å². The molecule has 2 fully saturated rings. The molecular formula is C17H25N3O. The Labute approximate surface area is 126 Å². The van der Waals surface area contributed by atoms with Crippen molar-refractivity contribution in [1.29, 1.82) is 0 Å². The predicted octanol–water partition coefficient (Wildman–Crippen LogP) is 2.03. The van der Waals surface area contributed by atoms with Crippen LogP contribution < -0.4 is 5.32 Å². The van der Waals surface area contributed by atoms with Crippen LogP contribution in [0.3, 0.4) is 0 Å². The van der Waals surface area contributed by atoms with Crippen LogP contribution in [0.15, 0.2) is 24.5 Å². The second-order valence-electron chi connectivity index (χ2n) is 6.53. The Balaban J connectivity index is 1.55. The summed E-state index contributed by atoms with van der Waals surface area (Å²) in [5.41, 5.74) is 1.15. The minimum Gasteiger partial charge on any atom is -0.343 e. The number of carbonyl (C=O) groups excluding carboxylic acids is 1. The fourth-order valence-corrected chi connectivity index (χ4v) is 3.64. The molecule has 1 unspecified atom stereocenters. The van der Waals surface area contributed by atoms with Crippen molar-refractivity contribution >= 4 is 5.91 Å². The van der Waals surface area contributed by atoms with Crippen molar-refractivity contribution in [2.24, 2.45) is 11.8 Å². The number of pyridine rings is 1. The molecule has 1 amide bonds. The number of fused-ring (bicyclic) bond motifs is 1. The average Bonchev–Trinajstić information content (AvgIpc) is 2.86. The summed E-state index contributed by atoms with van der Waals surface area (Å²) in [7, 11) is 0. The first-order chi connectivity index (χ1) is 10.2. The lowest BCUT2D eigenvalue weighted by molar-refractivity contribution is -0.131. The maximum atomic E-state index is 12.5. The summed E-state index contributed by atoms with van der Waals surface area (Å²) in [5, 5.41) is 3.48. The first-order valence-corrected chi connectivity index (χ1v) is 8.12. The maximum Gasteiger partial charge on any atom is 0.223 e. The molecule has 2 aliphatic heterocycles. The first-order valence-electron chi connectivity index (χ1n) is 8.12. The third kappa shape index (κ3) is 3.43. The van der Waals surface area contributed by atoms with Gasteiger partial charge in [0.15, 0.2) is 0 Å². The van der Waals surface area contributed by atoms with Crippen molar-refractivity contribution in [3.8, 4) is 0 Å². The number of aromatic nitrogens is 1. The molecule has 1 aromatic rings. The number of hydrogen-bond donors (Lipinski definition) is 1. The Morgan fingerprint density at radius 1 is 1.38 bits per heavy atom. The molecule has 21 heavy (non-hydrogen) atoms. The lowest BCUT2D eigenvalue weighted by Gasteiger charge is -2.23. The van der Waals surface area contributed by atoms with Crippen LogP contribution in [0.1, 0.15) is 37.7 Å². The summed E-state index contributed by atoms with van der Waals surface area (Å²) in [6, 6.07) is 4.00. The van der Waals surface area contributed by atoms with Gasteiger partial charge in [-0.25, -0.2) is 0 Å². The van der Waals surface area contributed by atoms with Crippen LogP contribution in [0.25, 0.3) is 0 Å². The molecular weight excluding hydrogens is 262 g/mol. The molecule has 1 aromatic heterocycles. The minimum atomic E-state index is 0.246. The van der Waals surface area contributed by atoms with Gasteiger partial charge in [0.1, 0.15) is 0 Å². The van der Waals surface area contributed by atoms with Crippen molar-refractivity contribution in [2.75, 3.05) is 26.2 Å². The smallest absolute Gasteiger partial charge is 0.223 e. The molecule has 4 nitrogen and oxygen atoms in total. The van der Waals surface area contributed by atoms with Crippen LogP contribution in [-0.2, 0) is 4.79 Å². The number of amides is 1. The van der Waals surface area contributed by atoms with Gasteiger partial charge in [0.2, 0.25) is 5.91 Å². The SMILES string of the molecule is CC(CC(=O)N1CC[C@@H]2CNC[C@@H]2CC1)c1cccnc1. The van der Waals surface area contributed by atoms with Gasteiger partial charge in [0, 0.05) is 31.9 Å². The topological polar surface area (TPSA) is 45.2 Å². The minimum absolute atomic E-state index is 0.246. The Hall–Kier alpha value is -1.42. The zero-order valence-electron chi connectivity index (χ0n) is 12.8. The van der Waals surface area contributed by atoms with Crippen LogP contribution in [0, 0.1) is 11.8 Å². The zero-order valence-corrected chi connectivity index (χ0v) is 12.8. The largest absolute Gasteiger partial charge is 0.343 e. The Morgan fingerprint density at radius 2 is 2.10 bits per heavy atom. The molecule has 0 aliphatic carbocycles. The fraction of sp³-hybridized carbons (Fsp3) is 0.647. The quantitative estimate of drug-likeness (QED) is 0.925. The molecule has 4 heteroatoms. The molecule has 2 aliphatic rings. The van der Waals surface area contributed by atoms with Gasteiger partial charge in [-0.15, -0.1) is 0 Å². The maximum absolute atomic E-state index is 12.5. The van der Waals surface area contributed by atoms with Gasteiger partial charge in [-0.1, -0.05) is 13.0 Å². The second kappa shape index (κ2) is 6.56. The molecule has 0 saturated carbocycles. The van der Waals surface area contributed by atoms with Crippen molar-refractivity contribution in [1.82, 2.24) is 15.2 Å². The highest BCUT2D eigenvalue weighted by Crippen LogP contribution is 2.28. The van der Waals surface area contributed by atoms with E-state index in [1.54, 1.807) is 6.20 Å². The number of nitrogens with zero attached hydrogens (tertiary/aromatic N) is 2. The molecule has 0 radical (unpaired) electrons. The van der Waals surface area contributed by atoms with E-state index in [0.717, 1.165) is 56.4 Å². The van der Waals surface area contributed by atoms with E-state index in [9.17, 15) is 4.79 Å². The van der Waals surface area contributed by atoms with Gasteiger partial charge in [-0.3, -0.25) is 9.78 Å². The summed E-state index contributed by atoms with van der Waals surface area (Å²) >= 11 is 0. The predicted molar refractivity (Wildman–Crippen MR) is 82.9 cm³/mol. The number of carbonyl (C=O) groups is 1. The lowest BCUT2D eigenvalue weighted by Crippen LogP contribution is -2.33. The van der Waals surface area contributed by atoms with Crippen molar-refractivity contribution in [3.05, 3.63) is 30.1 Å². The molecule has 1 N–H and O–H groups in total. The van der Waals surface area contributed by atoms with Gasteiger partial charge < -0.3 is 10.2 Å². The third-order valence-corrected chi connectivity index (χ3v) is 5.11. The van der Waals surface area contributed by atoms with Gasteiger partial charge in [0.25, 0.3) is 0 Å². The van der Waals surface area contributed by atoms with Crippen LogP contribution in [0.4, 0.5) is 0 Å². The first kappa shape index (κ1) is 14.5. The molecule has 0 aromatic carbocycles. The Bertz CT molecular complexity index is 462. The van der Waals surface area contributed by atoms with Crippen molar-refractivity contribution in [3.63, 3.8) is 0 Å². The molecule has 3 heterocycles. The average molecular weight is 287 g/mol. The molecule has 3 rings (SSSR count). The summed E-state index contributed by atoms with van der Waals surface area (Å²) in [4.78, 5) is 18.8. The van der Waals surface area contributed by atoms with E-state index < -0.39 is 0 Å².